The van der Waals surface area contributed by atoms with Crippen molar-refractivity contribution in [3.63, 3.8) is 0 Å². The van der Waals surface area contributed by atoms with Gasteiger partial charge in [0.2, 0.25) is 0 Å². The first-order valence-electron chi connectivity index (χ1n) is 16.0. The van der Waals surface area contributed by atoms with Crippen molar-refractivity contribution in [1.82, 2.24) is 0 Å². The van der Waals surface area contributed by atoms with Gasteiger partial charge in [-0.2, -0.15) is 37.3 Å². The Labute approximate surface area is 309 Å². The molecule has 54 heavy (non-hydrogen) atoms. The van der Waals surface area contributed by atoms with Gasteiger partial charge in [0.25, 0.3) is 32.1 Å². The molecule has 0 aliphatic heterocycles. The van der Waals surface area contributed by atoms with Gasteiger partial charge in [0.1, 0.15) is 4.90 Å². The number of hydrogen-bond donors (Lipinski definition) is 4. The van der Waals surface area contributed by atoms with Crippen LogP contribution in [0.2, 0.25) is 0 Å². The van der Waals surface area contributed by atoms with Gasteiger partial charge in [0.05, 0.1) is 27.6 Å². The summed E-state index contributed by atoms with van der Waals surface area (Å²) in [4.78, 5) is 23.9. The Morgan fingerprint density at radius 1 is 0.537 bits per heavy atom. The average molecular weight is 763 g/mol. The molecular formula is C38H30N6O8S2. The van der Waals surface area contributed by atoms with Crippen LogP contribution in [0, 0.1) is 13.8 Å². The second-order valence-corrected chi connectivity index (χ2v) is 14.8. The highest BCUT2D eigenvalue weighted by Crippen LogP contribution is 2.33. The molecule has 0 aromatic heterocycles. The van der Waals surface area contributed by atoms with Gasteiger partial charge in [-0.1, -0.05) is 24.3 Å². The number of carbonyl (C=O) groups is 2. The summed E-state index contributed by atoms with van der Waals surface area (Å²) in [6, 6.07) is 31.6. The fourth-order valence-corrected chi connectivity index (χ4v) is 6.64. The maximum absolute atomic E-state index is 12.9. The minimum absolute atomic E-state index is 0.0167. The molecule has 0 heterocycles. The number of anilines is 2. The van der Waals surface area contributed by atoms with E-state index in [1.54, 1.807) is 91.9 Å². The Hall–Kier alpha value is -6.46. The van der Waals surface area contributed by atoms with Gasteiger partial charge in [-0.05, 0) is 127 Å². The van der Waals surface area contributed by atoms with E-state index in [1.165, 1.54) is 18.2 Å². The molecule has 272 valence electrons. The molecule has 0 saturated heterocycles. The van der Waals surface area contributed by atoms with E-state index in [0.717, 1.165) is 11.6 Å². The molecule has 0 bridgehead atoms. The lowest BCUT2D eigenvalue weighted by molar-refractivity contribution is 0.102. The van der Waals surface area contributed by atoms with E-state index >= 15 is 0 Å². The monoisotopic (exact) mass is 762 g/mol. The summed E-state index contributed by atoms with van der Waals surface area (Å²) in [7, 11) is -9.60. The number of carbonyl (C=O) groups excluding carboxylic acids is 2. The molecule has 6 aromatic carbocycles. The van der Waals surface area contributed by atoms with Crippen molar-refractivity contribution in [2.45, 2.75) is 23.6 Å². The van der Waals surface area contributed by atoms with Crippen LogP contribution in [0.3, 0.4) is 0 Å². The van der Waals surface area contributed by atoms with Crippen LogP contribution < -0.4 is 10.6 Å². The fraction of sp³-hybridized carbons (Fsp3) is 0.0526. The summed E-state index contributed by atoms with van der Waals surface area (Å²) in [6.45, 7) is 3.63. The summed E-state index contributed by atoms with van der Waals surface area (Å²) in [5.41, 5.74) is 5.33. The zero-order valence-electron chi connectivity index (χ0n) is 28.5. The highest BCUT2D eigenvalue weighted by molar-refractivity contribution is 7.86. The molecule has 0 atom stereocenters. The van der Waals surface area contributed by atoms with Gasteiger partial charge in [0, 0.05) is 27.9 Å². The lowest BCUT2D eigenvalue weighted by Gasteiger charge is -2.09. The predicted molar refractivity (Wildman–Crippen MR) is 203 cm³/mol. The van der Waals surface area contributed by atoms with Gasteiger partial charge in [-0.25, -0.2) is 0 Å². The number of nitrogens with one attached hydrogen (secondary N) is 2. The summed E-state index contributed by atoms with van der Waals surface area (Å²) >= 11 is 0. The van der Waals surface area contributed by atoms with Gasteiger partial charge >= 0.3 is 0 Å². The van der Waals surface area contributed by atoms with Gasteiger partial charge in [-0.3, -0.25) is 18.7 Å². The third kappa shape index (κ3) is 8.94. The Morgan fingerprint density at radius 3 is 1.67 bits per heavy atom. The van der Waals surface area contributed by atoms with Crippen LogP contribution in [0.1, 0.15) is 31.8 Å². The summed E-state index contributed by atoms with van der Waals surface area (Å²) in [5.74, 6) is -0.573. The van der Waals surface area contributed by atoms with Crippen molar-refractivity contribution < 1.29 is 35.5 Å². The Balaban J connectivity index is 1.10. The van der Waals surface area contributed by atoms with Gasteiger partial charge < -0.3 is 10.6 Å². The van der Waals surface area contributed by atoms with E-state index in [9.17, 15) is 35.5 Å². The van der Waals surface area contributed by atoms with Gasteiger partial charge in [0.15, 0.2) is 0 Å². The molecule has 0 radical (unpaired) electrons. The van der Waals surface area contributed by atoms with E-state index in [2.05, 4.69) is 31.1 Å². The fourth-order valence-electron chi connectivity index (χ4n) is 5.29. The number of amides is 2. The Bertz CT molecular complexity index is 2720. The molecule has 2 amide bonds. The van der Waals surface area contributed by atoms with Crippen LogP contribution in [-0.4, -0.2) is 37.8 Å². The largest absolute Gasteiger partial charge is 0.322 e. The minimum Gasteiger partial charge on any atom is -0.322 e. The summed E-state index contributed by atoms with van der Waals surface area (Å²) < 4.78 is 66.3. The molecule has 6 aromatic rings. The molecule has 0 saturated carbocycles. The second kappa shape index (κ2) is 15.3. The van der Waals surface area contributed by atoms with E-state index in [0.29, 0.717) is 51.2 Å². The SMILES string of the molecule is Cc1cc(N=Nc2ccc(NC(=O)c3ccc(NC(=O)c4ccccc4)cc3)cc2C)ccc1N=Nc1ccc2cc(S(=O)(=O)O)cc(S(=O)(=O)O)c2c1. The smallest absolute Gasteiger partial charge is 0.295 e. The predicted octanol–water partition coefficient (Wildman–Crippen LogP) is 9.29. The molecule has 0 aliphatic rings. The van der Waals surface area contributed by atoms with E-state index < -0.39 is 30.0 Å². The zero-order chi connectivity index (χ0) is 38.6. The summed E-state index contributed by atoms with van der Waals surface area (Å²) in [5, 5.41) is 22.9. The maximum Gasteiger partial charge on any atom is 0.295 e. The molecule has 0 unspecified atom stereocenters. The topological polar surface area (TPSA) is 216 Å². The molecule has 6 rings (SSSR count). The van der Waals surface area contributed by atoms with Crippen LogP contribution in [0.5, 0.6) is 0 Å². The van der Waals surface area contributed by atoms with Gasteiger partial charge in [-0.15, -0.1) is 0 Å². The first-order valence-corrected chi connectivity index (χ1v) is 18.9. The van der Waals surface area contributed by atoms with Crippen molar-refractivity contribution in [2.24, 2.45) is 20.5 Å². The van der Waals surface area contributed by atoms with E-state index in [-0.39, 0.29) is 28.3 Å². The first kappa shape index (κ1) is 37.3. The maximum atomic E-state index is 12.9. The minimum atomic E-state index is -4.86. The van der Waals surface area contributed by atoms with Crippen molar-refractivity contribution in [3.8, 4) is 0 Å². The normalized spacial score (nSPS) is 12.0. The van der Waals surface area contributed by atoms with E-state index in [1.807, 2.05) is 13.0 Å². The molecule has 0 aliphatic carbocycles. The van der Waals surface area contributed by atoms with Crippen LogP contribution in [0.15, 0.2) is 152 Å². The average Bonchev–Trinajstić information content (AvgIpc) is 3.13. The standard InChI is InChI=1S/C38H30N6O8S2/c1-23-18-29(40-38(46)26-8-11-28(12-9-26)39-37(45)25-6-4-3-5-7-25)14-16-34(23)43-41-30-15-17-35(24(2)19-30)44-42-31-13-10-27-20-32(53(47,48)49)22-36(33(27)21-31)54(50,51)52/h3-22H,1-2H3,(H,39,45)(H,40,46)(H,47,48,49)(H,50,51,52). The number of fused-ring (bicyclic) bond motifs is 1. The number of aryl methyl sites for hydroxylation is 2. The van der Waals surface area contributed by atoms with Crippen LogP contribution in [-0.2, 0) is 20.2 Å². The molecule has 0 fully saturated rings. The number of hydrogen-bond acceptors (Lipinski definition) is 10. The number of benzene rings is 6. The first-order chi connectivity index (χ1) is 25.6. The van der Waals surface area contributed by atoms with Crippen LogP contribution in [0.4, 0.5) is 34.1 Å². The van der Waals surface area contributed by atoms with Crippen molar-refractivity contribution in [2.75, 3.05) is 10.6 Å². The lowest BCUT2D eigenvalue weighted by Crippen LogP contribution is -2.13. The highest BCUT2D eigenvalue weighted by Gasteiger charge is 2.21. The zero-order valence-corrected chi connectivity index (χ0v) is 30.1. The Morgan fingerprint density at radius 2 is 1.07 bits per heavy atom. The number of rotatable bonds is 10. The highest BCUT2D eigenvalue weighted by atomic mass is 32.2. The molecule has 0 spiro atoms. The number of azo groups is 2. The van der Waals surface area contributed by atoms with Crippen molar-refractivity contribution >= 4 is 76.9 Å². The van der Waals surface area contributed by atoms with Crippen LogP contribution in [0.25, 0.3) is 10.8 Å². The third-order valence-electron chi connectivity index (χ3n) is 8.07. The Kier molecular flexibility index (Phi) is 10.5. The quantitative estimate of drug-likeness (QED) is 0.0777. The van der Waals surface area contributed by atoms with E-state index in [4.69, 9.17) is 0 Å². The molecular weight excluding hydrogens is 733 g/mol. The second-order valence-electron chi connectivity index (χ2n) is 12.0. The number of nitrogens with zero attached hydrogens (tertiary/aromatic N) is 4. The van der Waals surface area contributed by atoms with Crippen LogP contribution >= 0.6 is 0 Å². The molecule has 16 heteroatoms. The molecule has 14 nitrogen and oxygen atoms in total. The third-order valence-corrected chi connectivity index (χ3v) is 9.80. The lowest BCUT2D eigenvalue weighted by atomic mass is 10.1. The van der Waals surface area contributed by atoms with Crippen molar-refractivity contribution in [3.05, 3.63) is 144 Å². The van der Waals surface area contributed by atoms with Crippen molar-refractivity contribution in [1.29, 1.82) is 0 Å². The summed E-state index contributed by atoms with van der Waals surface area (Å²) in [6.07, 6.45) is 0. The molecule has 4 N–H and O–H groups in total.